The van der Waals surface area contributed by atoms with Gasteiger partial charge in [0, 0.05) is 35.6 Å². The van der Waals surface area contributed by atoms with E-state index >= 15 is 0 Å². The molecule has 4 aromatic rings. The number of benzene rings is 1. The number of aromatic nitrogens is 3. The highest BCUT2D eigenvalue weighted by atomic mass is 32.1. The molecule has 4 heterocycles. The zero-order valence-corrected chi connectivity index (χ0v) is 16.5. The summed E-state index contributed by atoms with van der Waals surface area (Å²) < 4.78 is 5.91. The van der Waals surface area contributed by atoms with Crippen molar-refractivity contribution in [2.75, 3.05) is 23.8 Å². The summed E-state index contributed by atoms with van der Waals surface area (Å²) in [5.41, 5.74) is 10.2. The second-order valence-electron chi connectivity index (χ2n) is 6.82. The third kappa shape index (κ3) is 3.37. The maximum Gasteiger partial charge on any atom is 0.365 e. The van der Waals surface area contributed by atoms with Gasteiger partial charge in [-0.25, -0.2) is 9.97 Å². The first-order valence-electron chi connectivity index (χ1n) is 9.20. The van der Waals surface area contributed by atoms with E-state index in [2.05, 4.69) is 21.0 Å². The number of anilines is 2. The quantitative estimate of drug-likeness (QED) is 0.394. The van der Waals surface area contributed by atoms with Gasteiger partial charge in [0.1, 0.15) is 28.9 Å². The molecule has 1 aliphatic rings. The Hall–Kier alpha value is -3.79. The molecule has 0 amide bonds. The van der Waals surface area contributed by atoms with Gasteiger partial charge in [0.25, 0.3) is 0 Å². The number of nitro groups is 1. The van der Waals surface area contributed by atoms with Gasteiger partial charge in [0.05, 0.1) is 12.6 Å². The Labute approximate surface area is 174 Å². The Bertz CT molecular complexity index is 1270. The molecule has 2 N–H and O–H groups in total. The van der Waals surface area contributed by atoms with Gasteiger partial charge in [0.2, 0.25) is 0 Å². The lowest BCUT2D eigenvalue weighted by Crippen LogP contribution is -2.25. The number of ether oxygens (including phenoxy) is 1. The molecule has 9 nitrogen and oxygen atoms in total. The van der Waals surface area contributed by atoms with Gasteiger partial charge >= 0.3 is 5.82 Å². The van der Waals surface area contributed by atoms with Crippen LogP contribution in [0.1, 0.15) is 5.56 Å². The van der Waals surface area contributed by atoms with Crippen LogP contribution in [0.3, 0.4) is 0 Å². The fourth-order valence-electron chi connectivity index (χ4n) is 3.50. The van der Waals surface area contributed by atoms with Crippen molar-refractivity contribution in [3.63, 3.8) is 0 Å². The molecular weight excluding hydrogens is 404 g/mol. The Balaban J connectivity index is 1.49. The molecule has 0 fully saturated rings. The lowest BCUT2D eigenvalue weighted by molar-refractivity contribution is -0.389. The van der Waals surface area contributed by atoms with Crippen molar-refractivity contribution in [2.45, 2.75) is 6.54 Å². The minimum absolute atomic E-state index is 0.173. The molecule has 0 radical (unpaired) electrons. The van der Waals surface area contributed by atoms with Crippen LogP contribution in [0.15, 0.2) is 48.8 Å². The van der Waals surface area contributed by atoms with E-state index in [-0.39, 0.29) is 5.82 Å². The highest BCUT2D eigenvalue weighted by Crippen LogP contribution is 2.33. The van der Waals surface area contributed by atoms with Crippen molar-refractivity contribution in [3.05, 3.63) is 64.5 Å². The molecule has 1 aromatic carbocycles. The maximum atomic E-state index is 11.1. The summed E-state index contributed by atoms with van der Waals surface area (Å²) in [6, 6.07) is 11.2. The second kappa shape index (κ2) is 7.23. The van der Waals surface area contributed by atoms with Crippen LogP contribution in [0.4, 0.5) is 16.6 Å². The summed E-state index contributed by atoms with van der Waals surface area (Å²) in [6.07, 6.45) is 3.26. The number of nitrogens with zero attached hydrogens (tertiary/aromatic N) is 5. The molecule has 1 aliphatic heterocycles. The number of fused-ring (bicyclic) bond motifs is 2. The standard InChI is InChI=1S/C20H16N6O3S/c21-20-24-16-8-13(10-23-19(16)30-20)12-1-2-17-14(7-12)11-25(5-6-29-17)15-3-4-22-18(9-15)26(27)28/h1-4,7-10H,5-6,11H2,(H2,21,24). The number of pyridine rings is 2. The van der Waals surface area contributed by atoms with Crippen LogP contribution in [0.25, 0.3) is 21.5 Å². The first kappa shape index (κ1) is 18.3. The Morgan fingerprint density at radius 2 is 2.07 bits per heavy atom. The highest BCUT2D eigenvalue weighted by molar-refractivity contribution is 7.21. The number of nitrogens with two attached hydrogens (primary N) is 1. The number of nitrogen functional groups attached to an aromatic ring is 1. The molecule has 0 aliphatic carbocycles. The van der Waals surface area contributed by atoms with Crippen LogP contribution in [-0.2, 0) is 6.54 Å². The third-order valence-corrected chi connectivity index (χ3v) is 5.73. The number of rotatable bonds is 3. The van der Waals surface area contributed by atoms with Gasteiger partial charge in [-0.05, 0) is 33.7 Å². The lowest BCUT2D eigenvalue weighted by atomic mass is 10.0. The van der Waals surface area contributed by atoms with Crippen molar-refractivity contribution < 1.29 is 9.66 Å². The Morgan fingerprint density at radius 3 is 2.93 bits per heavy atom. The number of hydrogen-bond donors (Lipinski definition) is 1. The summed E-state index contributed by atoms with van der Waals surface area (Å²) in [5, 5.41) is 11.6. The normalized spacial score (nSPS) is 13.5. The summed E-state index contributed by atoms with van der Waals surface area (Å²) in [6.45, 7) is 1.65. The molecule has 0 saturated heterocycles. The minimum Gasteiger partial charge on any atom is -0.491 e. The predicted octanol–water partition coefficient (Wildman–Crippen LogP) is 3.64. The first-order chi connectivity index (χ1) is 14.6. The minimum atomic E-state index is -0.488. The number of thiazole rings is 1. The van der Waals surface area contributed by atoms with Crippen molar-refractivity contribution >= 4 is 38.3 Å². The Morgan fingerprint density at radius 1 is 1.17 bits per heavy atom. The summed E-state index contributed by atoms with van der Waals surface area (Å²) in [7, 11) is 0. The second-order valence-corrected chi connectivity index (χ2v) is 7.83. The first-order valence-corrected chi connectivity index (χ1v) is 10.0. The van der Waals surface area contributed by atoms with Gasteiger partial charge in [-0.3, -0.25) is 0 Å². The van der Waals surface area contributed by atoms with E-state index in [1.54, 1.807) is 6.07 Å². The van der Waals surface area contributed by atoms with E-state index in [1.807, 2.05) is 29.3 Å². The van der Waals surface area contributed by atoms with Crippen LogP contribution < -0.4 is 15.4 Å². The molecule has 0 unspecified atom stereocenters. The van der Waals surface area contributed by atoms with Crippen LogP contribution >= 0.6 is 11.3 Å². The molecule has 0 atom stereocenters. The van der Waals surface area contributed by atoms with Crippen LogP contribution in [0.5, 0.6) is 5.75 Å². The fourth-order valence-corrected chi connectivity index (χ4v) is 4.15. The maximum absolute atomic E-state index is 11.1. The van der Waals surface area contributed by atoms with E-state index in [9.17, 15) is 10.1 Å². The molecule has 150 valence electrons. The largest absolute Gasteiger partial charge is 0.491 e. The van der Waals surface area contributed by atoms with Crippen molar-refractivity contribution in [3.8, 4) is 16.9 Å². The van der Waals surface area contributed by atoms with Crippen LogP contribution in [0, 0.1) is 10.1 Å². The molecule has 0 spiro atoms. The van der Waals surface area contributed by atoms with E-state index in [0.29, 0.717) is 24.8 Å². The lowest BCUT2D eigenvalue weighted by Gasteiger charge is -2.21. The van der Waals surface area contributed by atoms with Crippen molar-refractivity contribution in [1.82, 2.24) is 15.0 Å². The van der Waals surface area contributed by atoms with Gasteiger partial charge < -0.3 is 25.5 Å². The van der Waals surface area contributed by atoms with Crippen molar-refractivity contribution in [2.24, 2.45) is 0 Å². The molecule has 0 bridgehead atoms. The third-order valence-electron chi connectivity index (χ3n) is 4.92. The summed E-state index contributed by atoms with van der Waals surface area (Å²) in [4.78, 5) is 26.0. The van der Waals surface area contributed by atoms with Crippen LogP contribution in [-0.4, -0.2) is 33.0 Å². The smallest absolute Gasteiger partial charge is 0.365 e. The average Bonchev–Trinajstić information content (AvgIpc) is 2.99. The van der Waals surface area contributed by atoms with Gasteiger partial charge in [-0.15, -0.1) is 0 Å². The average molecular weight is 420 g/mol. The van der Waals surface area contributed by atoms with Gasteiger partial charge in [-0.1, -0.05) is 17.4 Å². The van der Waals surface area contributed by atoms with E-state index in [1.165, 1.54) is 23.6 Å². The van der Waals surface area contributed by atoms with Gasteiger partial charge in [0.15, 0.2) is 5.13 Å². The zero-order chi connectivity index (χ0) is 20.7. The summed E-state index contributed by atoms with van der Waals surface area (Å²) in [5.74, 6) is 0.630. The molecule has 30 heavy (non-hydrogen) atoms. The van der Waals surface area contributed by atoms with Crippen molar-refractivity contribution in [1.29, 1.82) is 0 Å². The predicted molar refractivity (Wildman–Crippen MR) is 115 cm³/mol. The van der Waals surface area contributed by atoms with Gasteiger partial charge in [-0.2, -0.15) is 0 Å². The number of hydrogen-bond acceptors (Lipinski definition) is 9. The SMILES string of the molecule is Nc1nc2cc(-c3ccc4c(c3)CN(c3ccnc([N+](=O)[O-])c3)CCO4)cnc2s1. The molecule has 3 aromatic heterocycles. The van der Waals surface area contributed by atoms with E-state index in [4.69, 9.17) is 10.5 Å². The zero-order valence-electron chi connectivity index (χ0n) is 15.7. The monoisotopic (exact) mass is 420 g/mol. The molecule has 10 heteroatoms. The highest BCUT2D eigenvalue weighted by Gasteiger charge is 2.19. The van der Waals surface area contributed by atoms with E-state index < -0.39 is 4.92 Å². The fraction of sp³-hybridized carbons (Fsp3) is 0.150. The molecule has 5 rings (SSSR count). The molecular formula is C20H16N6O3S. The topological polar surface area (TPSA) is 120 Å². The summed E-state index contributed by atoms with van der Waals surface area (Å²) >= 11 is 1.36. The molecule has 0 saturated carbocycles. The van der Waals surface area contributed by atoms with E-state index in [0.717, 1.165) is 38.5 Å². The van der Waals surface area contributed by atoms with Crippen LogP contribution in [0.2, 0.25) is 0 Å². The Kier molecular flexibility index (Phi) is 4.40.